The summed E-state index contributed by atoms with van der Waals surface area (Å²) in [6.07, 6.45) is 2.52. The van der Waals surface area contributed by atoms with E-state index in [-0.39, 0.29) is 23.0 Å². The Labute approximate surface area is 219 Å². The highest BCUT2D eigenvalue weighted by Crippen LogP contribution is 2.26. The number of nitro groups is 1. The third-order valence-electron chi connectivity index (χ3n) is 6.18. The Kier molecular flexibility index (Phi) is 7.74. The van der Waals surface area contributed by atoms with Crippen LogP contribution in [0.5, 0.6) is 5.75 Å². The van der Waals surface area contributed by atoms with Crippen molar-refractivity contribution in [3.8, 4) is 5.75 Å². The van der Waals surface area contributed by atoms with Crippen LogP contribution in [0.3, 0.4) is 0 Å². The predicted octanol–water partition coefficient (Wildman–Crippen LogP) is 5.52. The topological polar surface area (TPSA) is 102 Å². The molecule has 1 aliphatic rings. The minimum atomic E-state index is -0.555. The summed E-state index contributed by atoms with van der Waals surface area (Å²) < 4.78 is 5.74. The van der Waals surface area contributed by atoms with Gasteiger partial charge in [0.1, 0.15) is 17.9 Å². The number of hydrogen-bond acceptors (Lipinski definition) is 6. The smallest absolute Gasteiger partial charge is 0.270 e. The molecule has 1 saturated heterocycles. The molecule has 0 aromatic heterocycles. The van der Waals surface area contributed by atoms with Crippen molar-refractivity contribution in [3.05, 3.63) is 105 Å². The molecule has 1 fully saturated rings. The largest absolute Gasteiger partial charge is 0.489 e. The molecule has 3 aromatic carbocycles. The predicted molar refractivity (Wildman–Crippen MR) is 145 cm³/mol. The van der Waals surface area contributed by atoms with Gasteiger partial charge in [-0.3, -0.25) is 29.9 Å². The van der Waals surface area contributed by atoms with Crippen molar-refractivity contribution in [1.29, 1.82) is 0 Å². The zero-order valence-corrected chi connectivity index (χ0v) is 21.2. The first-order valence-corrected chi connectivity index (χ1v) is 12.1. The fourth-order valence-corrected chi connectivity index (χ4v) is 4.07. The van der Waals surface area contributed by atoms with Crippen LogP contribution in [0.1, 0.15) is 42.9 Å². The van der Waals surface area contributed by atoms with E-state index in [1.165, 1.54) is 23.1 Å². The Morgan fingerprint density at radius 2 is 1.68 bits per heavy atom. The number of rotatable bonds is 8. The van der Waals surface area contributed by atoms with Crippen LogP contribution < -0.4 is 15.0 Å². The van der Waals surface area contributed by atoms with Gasteiger partial charge in [0.05, 0.1) is 10.6 Å². The number of carbonyl (C=O) groups is 2. The molecule has 0 unspecified atom stereocenters. The van der Waals surface area contributed by atoms with E-state index in [2.05, 4.69) is 19.2 Å². The normalized spacial score (nSPS) is 15.5. The number of hydrogen-bond donors (Lipinski definition) is 1. The molecule has 0 spiro atoms. The van der Waals surface area contributed by atoms with Gasteiger partial charge in [-0.2, -0.15) is 0 Å². The van der Waals surface area contributed by atoms with E-state index in [0.29, 0.717) is 22.9 Å². The first-order chi connectivity index (χ1) is 17.8. The molecule has 1 atom stereocenters. The number of amides is 2. The first kappa shape index (κ1) is 25.7. The van der Waals surface area contributed by atoms with Crippen LogP contribution in [0.4, 0.5) is 11.4 Å². The standard InChI is InChI=1S/C28H25N3O5S/c1-3-18(2)21-8-12-22(13-9-21)30-27(33)25(26(32)29-28(30)37)16-19-6-14-24(15-7-19)36-17-20-4-10-23(11-5-20)31(34)35/h4-16,18H,3,17H2,1-2H3,(H,29,32,37)/b25-16+/t18-/m0/s1. The molecule has 0 radical (unpaired) electrons. The molecule has 4 rings (SSSR count). The van der Waals surface area contributed by atoms with E-state index in [1.54, 1.807) is 36.4 Å². The third kappa shape index (κ3) is 5.90. The number of thiocarbonyl (C=S) groups is 1. The number of non-ortho nitro benzene ring substituents is 1. The maximum atomic E-state index is 13.3. The van der Waals surface area contributed by atoms with E-state index >= 15 is 0 Å². The van der Waals surface area contributed by atoms with Gasteiger partial charge >= 0.3 is 0 Å². The Balaban J connectivity index is 1.47. The first-order valence-electron chi connectivity index (χ1n) is 11.7. The lowest BCUT2D eigenvalue weighted by Gasteiger charge is -2.29. The van der Waals surface area contributed by atoms with E-state index in [4.69, 9.17) is 17.0 Å². The minimum absolute atomic E-state index is 0.0184. The number of nitrogens with one attached hydrogen (secondary N) is 1. The number of nitro benzene ring substituents is 1. The van der Waals surface area contributed by atoms with Crippen LogP contribution in [-0.2, 0) is 16.2 Å². The molecule has 2 amide bonds. The SMILES string of the molecule is CC[C@H](C)c1ccc(N2C(=O)/C(=C/c3ccc(OCc4ccc([N+](=O)[O-])cc4)cc3)C(=O)NC2=S)cc1. The average molecular weight is 516 g/mol. The van der Waals surface area contributed by atoms with Gasteiger partial charge in [-0.15, -0.1) is 0 Å². The molecule has 37 heavy (non-hydrogen) atoms. The monoisotopic (exact) mass is 515 g/mol. The zero-order chi connectivity index (χ0) is 26.5. The van der Waals surface area contributed by atoms with Gasteiger partial charge in [0.2, 0.25) is 0 Å². The maximum absolute atomic E-state index is 13.3. The van der Waals surface area contributed by atoms with Crippen molar-refractivity contribution in [2.75, 3.05) is 4.90 Å². The van der Waals surface area contributed by atoms with Crippen molar-refractivity contribution in [1.82, 2.24) is 5.32 Å². The summed E-state index contributed by atoms with van der Waals surface area (Å²) in [5, 5.41) is 13.4. The van der Waals surface area contributed by atoms with Gasteiger partial charge in [0, 0.05) is 12.1 Å². The zero-order valence-electron chi connectivity index (χ0n) is 20.3. The fourth-order valence-electron chi connectivity index (χ4n) is 3.79. The highest BCUT2D eigenvalue weighted by atomic mass is 32.1. The molecule has 1 N–H and O–H groups in total. The van der Waals surface area contributed by atoms with E-state index in [1.807, 2.05) is 24.3 Å². The van der Waals surface area contributed by atoms with Gasteiger partial charge in [-0.25, -0.2) is 0 Å². The van der Waals surface area contributed by atoms with Crippen molar-refractivity contribution in [2.45, 2.75) is 32.8 Å². The van der Waals surface area contributed by atoms with Gasteiger partial charge in [0.15, 0.2) is 5.11 Å². The quantitative estimate of drug-likeness (QED) is 0.139. The fraction of sp³-hybridized carbons (Fsp3) is 0.179. The molecular weight excluding hydrogens is 490 g/mol. The molecule has 8 nitrogen and oxygen atoms in total. The highest BCUT2D eigenvalue weighted by molar-refractivity contribution is 7.80. The molecule has 1 aliphatic heterocycles. The van der Waals surface area contributed by atoms with Gasteiger partial charge < -0.3 is 4.74 Å². The summed E-state index contributed by atoms with van der Waals surface area (Å²) in [5.74, 6) is -0.0806. The Hall–Kier alpha value is -4.37. The maximum Gasteiger partial charge on any atom is 0.270 e. The third-order valence-corrected chi connectivity index (χ3v) is 6.46. The van der Waals surface area contributed by atoms with E-state index in [9.17, 15) is 19.7 Å². The summed E-state index contributed by atoms with van der Waals surface area (Å²) in [5.41, 5.74) is 3.17. The second-order valence-electron chi connectivity index (χ2n) is 8.64. The number of carbonyl (C=O) groups excluding carboxylic acids is 2. The lowest BCUT2D eigenvalue weighted by Crippen LogP contribution is -2.54. The van der Waals surface area contributed by atoms with Crippen LogP contribution >= 0.6 is 12.2 Å². The number of benzene rings is 3. The number of anilines is 1. The molecule has 1 heterocycles. The van der Waals surface area contributed by atoms with Gasteiger partial charge in [-0.05, 0) is 83.7 Å². The van der Waals surface area contributed by atoms with Crippen molar-refractivity contribution in [3.63, 3.8) is 0 Å². The van der Waals surface area contributed by atoms with Crippen LogP contribution in [0.15, 0.2) is 78.4 Å². The van der Waals surface area contributed by atoms with Crippen molar-refractivity contribution in [2.24, 2.45) is 0 Å². The summed E-state index contributed by atoms with van der Waals surface area (Å²) in [6, 6.07) is 20.6. The summed E-state index contributed by atoms with van der Waals surface area (Å²) >= 11 is 5.29. The molecule has 0 saturated carbocycles. The van der Waals surface area contributed by atoms with E-state index < -0.39 is 16.7 Å². The highest BCUT2D eigenvalue weighted by Gasteiger charge is 2.34. The Bertz CT molecular complexity index is 1370. The molecule has 3 aromatic rings. The lowest BCUT2D eigenvalue weighted by atomic mass is 9.98. The molecule has 0 bridgehead atoms. The minimum Gasteiger partial charge on any atom is -0.489 e. The lowest BCUT2D eigenvalue weighted by molar-refractivity contribution is -0.384. The Morgan fingerprint density at radius 3 is 2.27 bits per heavy atom. The second-order valence-corrected chi connectivity index (χ2v) is 9.03. The average Bonchev–Trinajstić information content (AvgIpc) is 2.90. The van der Waals surface area contributed by atoms with Crippen molar-refractivity contribution < 1.29 is 19.2 Å². The molecular formula is C28H25N3O5S. The van der Waals surface area contributed by atoms with Gasteiger partial charge in [-0.1, -0.05) is 38.1 Å². The molecule has 9 heteroatoms. The summed E-state index contributed by atoms with van der Waals surface area (Å²) in [4.78, 5) is 37.5. The van der Waals surface area contributed by atoms with E-state index in [0.717, 1.165) is 17.5 Å². The second kappa shape index (κ2) is 11.1. The van der Waals surface area contributed by atoms with Crippen LogP contribution in [0.25, 0.3) is 6.08 Å². The molecule has 0 aliphatic carbocycles. The number of ether oxygens (including phenoxy) is 1. The van der Waals surface area contributed by atoms with Gasteiger partial charge in [0.25, 0.3) is 17.5 Å². The molecule has 188 valence electrons. The summed E-state index contributed by atoms with van der Waals surface area (Å²) in [6.45, 7) is 4.49. The summed E-state index contributed by atoms with van der Waals surface area (Å²) in [7, 11) is 0. The number of nitrogens with zero attached hydrogens (tertiary/aromatic N) is 2. The van der Waals surface area contributed by atoms with Crippen LogP contribution in [0.2, 0.25) is 0 Å². The van der Waals surface area contributed by atoms with Crippen LogP contribution in [0, 0.1) is 10.1 Å². The van der Waals surface area contributed by atoms with Crippen molar-refractivity contribution >= 4 is 46.6 Å². The Morgan fingerprint density at radius 1 is 1.03 bits per heavy atom. The van der Waals surface area contributed by atoms with Crippen LogP contribution in [-0.4, -0.2) is 21.9 Å².